The molecule has 2 rings (SSSR count). The van der Waals surface area contributed by atoms with Crippen LogP contribution in [0.4, 0.5) is 5.88 Å². The van der Waals surface area contributed by atoms with Gasteiger partial charge >= 0.3 is 0 Å². The minimum Gasteiger partial charge on any atom is -0.484 e. The average molecular weight is 243 g/mol. The lowest BCUT2D eigenvalue weighted by Crippen LogP contribution is -1.95. The third kappa shape index (κ3) is 2.61. The number of hydrogen-bond donors (Lipinski definition) is 1. The van der Waals surface area contributed by atoms with Gasteiger partial charge in [0.05, 0.1) is 0 Å². The molecule has 1 aromatic carbocycles. The highest BCUT2D eigenvalue weighted by molar-refractivity contribution is 5.44. The van der Waals surface area contributed by atoms with E-state index in [-0.39, 0.29) is 12.3 Å². The van der Waals surface area contributed by atoms with E-state index in [1.165, 1.54) is 0 Å². The Morgan fingerprint density at radius 2 is 2.33 bits per heavy atom. The van der Waals surface area contributed by atoms with Crippen LogP contribution in [0.25, 0.3) is 0 Å². The van der Waals surface area contributed by atoms with Gasteiger partial charge in [0.2, 0.25) is 17.5 Å². The van der Waals surface area contributed by atoms with Gasteiger partial charge in [-0.25, -0.2) is 0 Å². The number of nitriles is 1. The van der Waals surface area contributed by atoms with Crippen molar-refractivity contribution in [3.05, 3.63) is 41.4 Å². The van der Waals surface area contributed by atoms with Crippen LogP contribution in [0, 0.1) is 18.3 Å². The van der Waals surface area contributed by atoms with Crippen LogP contribution in [0.15, 0.2) is 28.7 Å². The van der Waals surface area contributed by atoms with Crippen LogP contribution in [0.3, 0.4) is 0 Å². The normalized spacial score (nSPS) is 9.83. The van der Waals surface area contributed by atoms with Crippen molar-refractivity contribution in [2.75, 3.05) is 12.4 Å². The van der Waals surface area contributed by atoms with Crippen molar-refractivity contribution in [1.82, 2.24) is 4.98 Å². The summed E-state index contributed by atoms with van der Waals surface area (Å²) in [7, 11) is 1.67. The highest BCUT2D eigenvalue weighted by Gasteiger charge is 2.11. The molecule has 0 fully saturated rings. The van der Waals surface area contributed by atoms with Crippen molar-refractivity contribution in [2.45, 2.75) is 13.5 Å². The molecule has 0 unspecified atom stereocenters. The monoisotopic (exact) mass is 243 g/mol. The summed E-state index contributed by atoms with van der Waals surface area (Å²) in [6, 6.07) is 9.64. The Balaban J connectivity index is 2.07. The maximum Gasteiger partial charge on any atom is 0.236 e. The summed E-state index contributed by atoms with van der Waals surface area (Å²) in [6.45, 7) is 2.19. The number of benzene rings is 1. The SMILES string of the molecule is CNc1oc(COc2cccc(C)c2)nc1C#N. The van der Waals surface area contributed by atoms with Gasteiger partial charge in [0.1, 0.15) is 11.8 Å². The van der Waals surface area contributed by atoms with Gasteiger partial charge in [-0.3, -0.25) is 0 Å². The second kappa shape index (κ2) is 5.23. The zero-order chi connectivity index (χ0) is 13.0. The lowest BCUT2D eigenvalue weighted by molar-refractivity contribution is 0.265. The standard InChI is InChI=1S/C13H13N3O2/c1-9-4-3-5-10(6-9)17-8-12-16-11(7-14)13(15-2)18-12/h3-6,15H,8H2,1-2H3. The molecule has 0 saturated heterocycles. The molecule has 1 heterocycles. The lowest BCUT2D eigenvalue weighted by atomic mass is 10.2. The number of ether oxygens (including phenoxy) is 1. The predicted octanol–water partition coefficient (Wildman–Crippen LogP) is 2.48. The fourth-order valence-corrected chi connectivity index (χ4v) is 1.52. The number of nitrogens with zero attached hydrogens (tertiary/aromatic N) is 2. The Kier molecular flexibility index (Phi) is 3.49. The molecule has 0 amide bonds. The molecule has 5 nitrogen and oxygen atoms in total. The molecule has 0 radical (unpaired) electrons. The Labute approximate surface area is 105 Å². The molecule has 18 heavy (non-hydrogen) atoms. The molecule has 0 aliphatic rings. The van der Waals surface area contributed by atoms with Gasteiger partial charge in [0.25, 0.3) is 0 Å². The van der Waals surface area contributed by atoms with Crippen LogP contribution in [-0.2, 0) is 6.61 Å². The van der Waals surface area contributed by atoms with Crippen molar-refractivity contribution in [1.29, 1.82) is 5.26 Å². The van der Waals surface area contributed by atoms with Gasteiger partial charge in [0, 0.05) is 7.05 Å². The maximum atomic E-state index is 8.83. The van der Waals surface area contributed by atoms with Crippen molar-refractivity contribution in [3.63, 3.8) is 0 Å². The van der Waals surface area contributed by atoms with E-state index in [9.17, 15) is 0 Å². The number of aromatic nitrogens is 1. The predicted molar refractivity (Wildman–Crippen MR) is 66.3 cm³/mol. The summed E-state index contributed by atoms with van der Waals surface area (Å²) >= 11 is 0. The van der Waals surface area contributed by atoms with Crippen LogP contribution in [0.5, 0.6) is 5.75 Å². The molecular formula is C13H13N3O2. The summed E-state index contributed by atoms with van der Waals surface area (Å²) in [5, 5.41) is 11.6. The van der Waals surface area contributed by atoms with E-state index in [2.05, 4.69) is 10.3 Å². The highest BCUT2D eigenvalue weighted by Crippen LogP contribution is 2.18. The van der Waals surface area contributed by atoms with Crippen LogP contribution in [0.1, 0.15) is 17.1 Å². The number of nitrogens with one attached hydrogen (secondary N) is 1. The molecule has 0 saturated carbocycles. The summed E-state index contributed by atoms with van der Waals surface area (Å²) in [5.41, 5.74) is 1.36. The van der Waals surface area contributed by atoms with E-state index in [1.54, 1.807) is 7.05 Å². The van der Waals surface area contributed by atoms with E-state index < -0.39 is 0 Å². The zero-order valence-electron chi connectivity index (χ0n) is 10.2. The topological polar surface area (TPSA) is 71.1 Å². The van der Waals surface area contributed by atoms with Gasteiger partial charge in [-0.05, 0) is 24.6 Å². The average Bonchev–Trinajstić information content (AvgIpc) is 2.79. The Morgan fingerprint density at radius 1 is 1.50 bits per heavy atom. The first-order valence-electron chi connectivity index (χ1n) is 5.50. The van der Waals surface area contributed by atoms with E-state index in [4.69, 9.17) is 14.4 Å². The molecule has 0 spiro atoms. The minimum atomic E-state index is 0.194. The molecule has 0 aliphatic heterocycles. The summed E-state index contributed by atoms with van der Waals surface area (Å²) < 4.78 is 10.9. The van der Waals surface area contributed by atoms with Crippen LogP contribution in [-0.4, -0.2) is 12.0 Å². The molecule has 1 N–H and O–H groups in total. The smallest absolute Gasteiger partial charge is 0.236 e. The van der Waals surface area contributed by atoms with Crippen LogP contribution < -0.4 is 10.1 Å². The molecule has 0 aliphatic carbocycles. The third-order valence-electron chi connectivity index (χ3n) is 2.36. The van der Waals surface area contributed by atoms with Crippen molar-refractivity contribution >= 4 is 5.88 Å². The van der Waals surface area contributed by atoms with Gasteiger partial charge < -0.3 is 14.5 Å². The van der Waals surface area contributed by atoms with Crippen LogP contribution in [0.2, 0.25) is 0 Å². The van der Waals surface area contributed by atoms with E-state index in [0.29, 0.717) is 11.8 Å². The molecule has 92 valence electrons. The molecule has 0 bridgehead atoms. The summed E-state index contributed by atoms with van der Waals surface area (Å²) in [5.74, 6) is 1.48. The van der Waals surface area contributed by atoms with Gasteiger partial charge in [-0.15, -0.1) is 0 Å². The van der Waals surface area contributed by atoms with E-state index in [0.717, 1.165) is 11.3 Å². The quantitative estimate of drug-likeness (QED) is 0.893. The minimum absolute atomic E-state index is 0.194. The first-order valence-corrected chi connectivity index (χ1v) is 5.50. The number of rotatable bonds is 4. The molecule has 1 aromatic heterocycles. The number of aryl methyl sites for hydroxylation is 1. The number of hydrogen-bond acceptors (Lipinski definition) is 5. The number of oxazole rings is 1. The highest BCUT2D eigenvalue weighted by atomic mass is 16.5. The lowest BCUT2D eigenvalue weighted by Gasteiger charge is -2.03. The first kappa shape index (κ1) is 12.0. The van der Waals surface area contributed by atoms with E-state index in [1.807, 2.05) is 37.3 Å². The summed E-state index contributed by atoms with van der Waals surface area (Å²) in [6.07, 6.45) is 0. The van der Waals surface area contributed by atoms with E-state index >= 15 is 0 Å². The van der Waals surface area contributed by atoms with Crippen molar-refractivity contribution in [2.24, 2.45) is 0 Å². The Bertz CT molecular complexity index is 584. The Morgan fingerprint density at radius 3 is 2.94 bits per heavy atom. The maximum absolute atomic E-state index is 8.83. The van der Waals surface area contributed by atoms with Crippen LogP contribution >= 0.6 is 0 Å². The second-order valence-electron chi connectivity index (χ2n) is 3.75. The molecular weight excluding hydrogens is 230 g/mol. The second-order valence-corrected chi connectivity index (χ2v) is 3.75. The zero-order valence-corrected chi connectivity index (χ0v) is 10.2. The van der Waals surface area contributed by atoms with Gasteiger partial charge in [-0.1, -0.05) is 12.1 Å². The third-order valence-corrected chi connectivity index (χ3v) is 2.36. The largest absolute Gasteiger partial charge is 0.484 e. The fourth-order valence-electron chi connectivity index (χ4n) is 1.52. The Hall–Kier alpha value is -2.48. The fraction of sp³-hybridized carbons (Fsp3) is 0.231. The molecule has 5 heteroatoms. The van der Waals surface area contributed by atoms with Gasteiger partial charge in [0.15, 0.2) is 6.61 Å². The van der Waals surface area contributed by atoms with Crippen molar-refractivity contribution < 1.29 is 9.15 Å². The summed E-state index contributed by atoms with van der Waals surface area (Å²) in [4.78, 5) is 4.02. The molecule has 0 atom stereocenters. The van der Waals surface area contributed by atoms with Crippen molar-refractivity contribution in [3.8, 4) is 11.8 Å². The van der Waals surface area contributed by atoms with Gasteiger partial charge in [-0.2, -0.15) is 10.2 Å². The number of anilines is 1. The molecule has 2 aromatic rings. The first-order chi connectivity index (χ1) is 8.72.